The number of hydrogen-bond acceptors (Lipinski definition) is 4. The molecule has 0 heterocycles. The van der Waals surface area contributed by atoms with E-state index in [-0.39, 0.29) is 17.6 Å². The van der Waals surface area contributed by atoms with E-state index in [1.54, 1.807) is 6.07 Å². The molecule has 0 aliphatic rings. The van der Waals surface area contributed by atoms with Gasteiger partial charge in [-0.15, -0.1) is 0 Å². The van der Waals surface area contributed by atoms with Gasteiger partial charge in [0.15, 0.2) is 0 Å². The zero-order chi connectivity index (χ0) is 13.8. The molecule has 0 amide bonds. The van der Waals surface area contributed by atoms with Gasteiger partial charge in [-0.2, -0.15) is 0 Å². The summed E-state index contributed by atoms with van der Waals surface area (Å²) in [5.41, 5.74) is 6.48. The molecule has 5 nitrogen and oxygen atoms in total. The second-order valence-electron chi connectivity index (χ2n) is 5.41. The van der Waals surface area contributed by atoms with Crippen LogP contribution in [0.1, 0.15) is 32.8 Å². The Morgan fingerprint density at radius 3 is 2.56 bits per heavy atom. The molecule has 1 rings (SSSR count). The molecule has 0 bridgehead atoms. The van der Waals surface area contributed by atoms with E-state index in [0.29, 0.717) is 17.9 Å². The zero-order valence-electron chi connectivity index (χ0n) is 11.1. The van der Waals surface area contributed by atoms with Gasteiger partial charge in [-0.25, -0.2) is 0 Å². The maximum Gasteiger partial charge on any atom is 0.270 e. The molecule has 5 heteroatoms. The van der Waals surface area contributed by atoms with Crippen LogP contribution in [0, 0.1) is 15.5 Å². The Bertz CT molecular complexity index is 425. The van der Waals surface area contributed by atoms with Crippen LogP contribution in [0.5, 0.6) is 5.75 Å². The zero-order valence-corrected chi connectivity index (χ0v) is 11.1. The number of ether oxygens (including phenoxy) is 1. The van der Waals surface area contributed by atoms with E-state index in [0.717, 1.165) is 6.42 Å². The minimum absolute atomic E-state index is 0.0404. The highest BCUT2D eigenvalue weighted by Gasteiger charge is 2.13. The van der Waals surface area contributed by atoms with Crippen molar-refractivity contribution >= 4 is 5.69 Å². The van der Waals surface area contributed by atoms with Gasteiger partial charge in [0.1, 0.15) is 5.75 Å². The van der Waals surface area contributed by atoms with Crippen molar-refractivity contribution in [3.05, 3.63) is 33.9 Å². The summed E-state index contributed by atoms with van der Waals surface area (Å²) in [6.45, 7) is 7.21. The van der Waals surface area contributed by atoms with E-state index in [1.165, 1.54) is 12.1 Å². The van der Waals surface area contributed by atoms with Gasteiger partial charge in [-0.1, -0.05) is 20.8 Å². The summed E-state index contributed by atoms with van der Waals surface area (Å²) in [6, 6.07) is 4.51. The van der Waals surface area contributed by atoms with E-state index in [9.17, 15) is 10.1 Å². The van der Waals surface area contributed by atoms with E-state index in [4.69, 9.17) is 10.5 Å². The Kier molecular flexibility index (Phi) is 4.67. The standard InChI is InChI=1S/C13H20N2O3/c1-13(2,3)6-7-18-12-5-4-11(15(16)17)8-10(12)9-14/h4-5,8H,6-7,9,14H2,1-3H3. The fourth-order valence-electron chi connectivity index (χ4n) is 1.45. The number of hydrogen-bond donors (Lipinski definition) is 1. The Labute approximate surface area is 107 Å². The first-order valence-corrected chi connectivity index (χ1v) is 5.93. The van der Waals surface area contributed by atoms with E-state index < -0.39 is 4.92 Å². The fraction of sp³-hybridized carbons (Fsp3) is 0.538. The van der Waals surface area contributed by atoms with Crippen LogP contribution in [-0.2, 0) is 6.54 Å². The molecule has 0 radical (unpaired) electrons. The van der Waals surface area contributed by atoms with Crippen molar-refractivity contribution < 1.29 is 9.66 Å². The first-order valence-electron chi connectivity index (χ1n) is 5.93. The minimum atomic E-state index is -0.432. The van der Waals surface area contributed by atoms with Crippen LogP contribution in [0.15, 0.2) is 18.2 Å². The normalized spacial score (nSPS) is 11.3. The molecule has 0 unspecified atom stereocenters. The van der Waals surface area contributed by atoms with Crippen LogP contribution in [0.3, 0.4) is 0 Å². The largest absolute Gasteiger partial charge is 0.493 e. The lowest BCUT2D eigenvalue weighted by molar-refractivity contribution is -0.384. The molecule has 0 aromatic heterocycles. The Balaban J connectivity index is 2.74. The molecular formula is C13H20N2O3. The summed E-state index contributed by atoms with van der Waals surface area (Å²) < 4.78 is 5.64. The van der Waals surface area contributed by atoms with Crippen molar-refractivity contribution in [2.24, 2.45) is 11.1 Å². The average Bonchev–Trinajstić information content (AvgIpc) is 2.27. The summed E-state index contributed by atoms with van der Waals surface area (Å²) in [4.78, 5) is 10.2. The molecule has 0 aliphatic carbocycles. The highest BCUT2D eigenvalue weighted by Crippen LogP contribution is 2.25. The van der Waals surface area contributed by atoms with Gasteiger partial charge in [0.25, 0.3) is 5.69 Å². The molecule has 18 heavy (non-hydrogen) atoms. The summed E-state index contributed by atoms with van der Waals surface area (Å²) >= 11 is 0. The van der Waals surface area contributed by atoms with Crippen LogP contribution in [-0.4, -0.2) is 11.5 Å². The van der Waals surface area contributed by atoms with Gasteiger partial charge in [0.2, 0.25) is 0 Å². The van der Waals surface area contributed by atoms with Gasteiger partial charge < -0.3 is 10.5 Å². The third-order valence-corrected chi connectivity index (χ3v) is 2.58. The fourth-order valence-corrected chi connectivity index (χ4v) is 1.45. The number of nitrogens with zero attached hydrogens (tertiary/aromatic N) is 1. The maximum atomic E-state index is 10.6. The molecule has 0 spiro atoms. The van der Waals surface area contributed by atoms with E-state index in [1.807, 2.05) is 0 Å². The number of non-ortho nitro benzene ring substituents is 1. The molecule has 0 saturated heterocycles. The quantitative estimate of drug-likeness (QED) is 0.645. The van der Waals surface area contributed by atoms with Crippen molar-refractivity contribution in [2.45, 2.75) is 33.7 Å². The highest BCUT2D eigenvalue weighted by atomic mass is 16.6. The number of rotatable bonds is 5. The molecule has 1 aromatic carbocycles. The summed E-state index contributed by atoms with van der Waals surface area (Å²) in [5, 5.41) is 10.6. The van der Waals surface area contributed by atoms with Crippen molar-refractivity contribution in [3.8, 4) is 5.75 Å². The molecule has 2 N–H and O–H groups in total. The summed E-state index contributed by atoms with van der Waals surface area (Å²) in [7, 11) is 0. The van der Waals surface area contributed by atoms with Gasteiger partial charge >= 0.3 is 0 Å². The van der Waals surface area contributed by atoms with Crippen molar-refractivity contribution in [1.82, 2.24) is 0 Å². The van der Waals surface area contributed by atoms with Crippen molar-refractivity contribution in [1.29, 1.82) is 0 Å². The van der Waals surface area contributed by atoms with Gasteiger partial charge in [0.05, 0.1) is 11.5 Å². The summed E-state index contributed by atoms with van der Waals surface area (Å²) in [5.74, 6) is 0.632. The van der Waals surface area contributed by atoms with Crippen LogP contribution in [0.2, 0.25) is 0 Å². The Morgan fingerprint density at radius 2 is 2.06 bits per heavy atom. The SMILES string of the molecule is CC(C)(C)CCOc1ccc([N+](=O)[O-])cc1CN. The van der Waals surface area contributed by atoms with Crippen LogP contribution in [0.25, 0.3) is 0 Å². The Hall–Kier alpha value is -1.62. The molecule has 0 fully saturated rings. The van der Waals surface area contributed by atoms with Crippen molar-refractivity contribution in [3.63, 3.8) is 0 Å². The average molecular weight is 252 g/mol. The van der Waals surface area contributed by atoms with Gasteiger partial charge in [0, 0.05) is 24.2 Å². The first kappa shape index (κ1) is 14.4. The number of nitro groups is 1. The number of benzene rings is 1. The first-order chi connectivity index (χ1) is 8.33. The van der Waals surface area contributed by atoms with Crippen LogP contribution >= 0.6 is 0 Å². The third kappa shape index (κ3) is 4.33. The second-order valence-corrected chi connectivity index (χ2v) is 5.41. The highest BCUT2D eigenvalue weighted by molar-refractivity contribution is 5.43. The van der Waals surface area contributed by atoms with Crippen LogP contribution in [0.4, 0.5) is 5.69 Å². The second kappa shape index (κ2) is 5.82. The Morgan fingerprint density at radius 1 is 1.39 bits per heavy atom. The molecule has 0 aliphatic heterocycles. The predicted molar refractivity (Wildman–Crippen MR) is 70.6 cm³/mol. The maximum absolute atomic E-state index is 10.6. The number of nitro benzene ring substituents is 1. The lowest BCUT2D eigenvalue weighted by Crippen LogP contribution is -2.12. The van der Waals surface area contributed by atoms with Crippen molar-refractivity contribution in [2.75, 3.05) is 6.61 Å². The van der Waals surface area contributed by atoms with Crippen LogP contribution < -0.4 is 10.5 Å². The minimum Gasteiger partial charge on any atom is -0.493 e. The lowest BCUT2D eigenvalue weighted by atomic mass is 9.93. The van der Waals surface area contributed by atoms with E-state index in [2.05, 4.69) is 20.8 Å². The van der Waals surface area contributed by atoms with Gasteiger partial charge in [-0.3, -0.25) is 10.1 Å². The monoisotopic (exact) mass is 252 g/mol. The lowest BCUT2D eigenvalue weighted by Gasteiger charge is -2.18. The van der Waals surface area contributed by atoms with E-state index >= 15 is 0 Å². The predicted octanol–water partition coefficient (Wildman–Crippen LogP) is 2.87. The molecule has 0 atom stereocenters. The third-order valence-electron chi connectivity index (χ3n) is 2.58. The smallest absolute Gasteiger partial charge is 0.270 e. The molecular weight excluding hydrogens is 232 g/mol. The van der Waals surface area contributed by atoms with Gasteiger partial charge in [-0.05, 0) is 17.9 Å². The molecule has 100 valence electrons. The molecule has 1 aromatic rings. The molecule has 0 saturated carbocycles. The topological polar surface area (TPSA) is 78.4 Å². The number of nitrogens with two attached hydrogens (primary N) is 1. The summed E-state index contributed by atoms with van der Waals surface area (Å²) in [6.07, 6.45) is 0.911.